The number of aryl methyl sites for hydroxylation is 1. The molecule has 4 nitrogen and oxygen atoms in total. The minimum Gasteiger partial charge on any atom is -0.350 e. The molecule has 0 unspecified atom stereocenters. The van der Waals surface area contributed by atoms with Crippen molar-refractivity contribution >= 4 is 5.91 Å². The van der Waals surface area contributed by atoms with E-state index in [1.807, 2.05) is 0 Å². The number of aromatic nitrogens is 1. The number of hydrogen-bond donors (Lipinski definition) is 1. The first-order valence-corrected chi connectivity index (χ1v) is 6.96. The first-order chi connectivity index (χ1) is 11.2. The SMILES string of the molecule is Cc1ccn(CC(=O)NCc2ccc(F)cc2C(F)(F)F)c(=O)c1. The molecule has 0 aliphatic rings. The van der Waals surface area contributed by atoms with Gasteiger partial charge in [0.2, 0.25) is 5.91 Å². The molecule has 1 aromatic carbocycles. The third-order valence-corrected chi connectivity index (χ3v) is 3.32. The number of alkyl halides is 3. The molecule has 0 spiro atoms. The van der Waals surface area contributed by atoms with E-state index >= 15 is 0 Å². The van der Waals surface area contributed by atoms with Crippen LogP contribution in [0.4, 0.5) is 17.6 Å². The summed E-state index contributed by atoms with van der Waals surface area (Å²) in [6.45, 7) is 0.981. The number of rotatable bonds is 4. The van der Waals surface area contributed by atoms with E-state index in [9.17, 15) is 27.2 Å². The summed E-state index contributed by atoms with van der Waals surface area (Å²) >= 11 is 0. The second-order valence-corrected chi connectivity index (χ2v) is 5.25. The Hall–Kier alpha value is -2.64. The zero-order valence-electron chi connectivity index (χ0n) is 12.7. The summed E-state index contributed by atoms with van der Waals surface area (Å²) in [6, 6.07) is 5.22. The van der Waals surface area contributed by atoms with Crippen molar-refractivity contribution in [3.05, 3.63) is 69.4 Å². The minimum absolute atomic E-state index is 0.256. The minimum atomic E-state index is -4.73. The van der Waals surface area contributed by atoms with Crippen molar-refractivity contribution in [1.82, 2.24) is 9.88 Å². The first kappa shape index (κ1) is 17.7. The van der Waals surface area contributed by atoms with Crippen LogP contribution in [-0.4, -0.2) is 10.5 Å². The van der Waals surface area contributed by atoms with E-state index in [-0.39, 0.29) is 17.7 Å². The van der Waals surface area contributed by atoms with Crippen LogP contribution in [0.25, 0.3) is 0 Å². The van der Waals surface area contributed by atoms with Crippen LogP contribution in [-0.2, 0) is 24.1 Å². The number of pyridine rings is 1. The molecule has 1 N–H and O–H groups in total. The van der Waals surface area contributed by atoms with E-state index in [2.05, 4.69) is 5.32 Å². The molecule has 0 radical (unpaired) electrons. The van der Waals surface area contributed by atoms with Crippen molar-refractivity contribution in [3.8, 4) is 0 Å². The molecule has 2 aromatic rings. The Labute approximate surface area is 134 Å². The standard InChI is InChI=1S/C16H14F4N2O2/c1-10-4-5-22(15(24)6-10)9-14(23)21-8-11-2-3-12(17)7-13(11)16(18,19)20/h2-7H,8-9H2,1H3,(H,21,23). The molecule has 1 aromatic heterocycles. The third-order valence-electron chi connectivity index (χ3n) is 3.32. The fourth-order valence-electron chi connectivity index (χ4n) is 2.11. The number of carbonyl (C=O) groups excluding carboxylic acids is 1. The van der Waals surface area contributed by atoms with Crippen molar-refractivity contribution in [2.75, 3.05) is 0 Å². The lowest BCUT2D eigenvalue weighted by Crippen LogP contribution is -2.32. The highest BCUT2D eigenvalue weighted by atomic mass is 19.4. The van der Waals surface area contributed by atoms with Gasteiger partial charge in [-0.1, -0.05) is 6.07 Å². The van der Waals surface area contributed by atoms with Gasteiger partial charge in [-0.15, -0.1) is 0 Å². The van der Waals surface area contributed by atoms with Gasteiger partial charge in [-0.3, -0.25) is 9.59 Å². The lowest BCUT2D eigenvalue weighted by atomic mass is 10.1. The molecule has 1 heterocycles. The normalized spacial score (nSPS) is 11.4. The highest BCUT2D eigenvalue weighted by Crippen LogP contribution is 2.32. The van der Waals surface area contributed by atoms with Gasteiger partial charge in [-0.2, -0.15) is 13.2 Å². The van der Waals surface area contributed by atoms with E-state index in [1.165, 1.54) is 12.3 Å². The van der Waals surface area contributed by atoms with Crippen molar-refractivity contribution in [2.45, 2.75) is 26.2 Å². The highest BCUT2D eigenvalue weighted by Gasteiger charge is 2.33. The molecule has 0 aliphatic carbocycles. The summed E-state index contributed by atoms with van der Waals surface area (Å²) in [5.41, 5.74) is -1.05. The maximum absolute atomic E-state index is 13.0. The van der Waals surface area contributed by atoms with Crippen LogP contribution in [0.3, 0.4) is 0 Å². The summed E-state index contributed by atoms with van der Waals surface area (Å²) in [6.07, 6.45) is -3.30. The summed E-state index contributed by atoms with van der Waals surface area (Å²) in [5, 5.41) is 2.30. The maximum Gasteiger partial charge on any atom is 0.416 e. The molecule has 128 valence electrons. The van der Waals surface area contributed by atoms with Crippen LogP contribution in [0.2, 0.25) is 0 Å². The molecule has 24 heavy (non-hydrogen) atoms. The average molecular weight is 342 g/mol. The number of benzene rings is 1. The van der Waals surface area contributed by atoms with Gasteiger partial charge in [0.15, 0.2) is 0 Å². The van der Waals surface area contributed by atoms with Crippen LogP contribution in [0.1, 0.15) is 16.7 Å². The number of carbonyl (C=O) groups is 1. The molecule has 0 saturated heterocycles. The summed E-state index contributed by atoms with van der Waals surface area (Å²) in [7, 11) is 0. The Morgan fingerprint density at radius 1 is 1.21 bits per heavy atom. The quantitative estimate of drug-likeness (QED) is 0.869. The molecule has 0 fully saturated rings. The van der Waals surface area contributed by atoms with Crippen molar-refractivity contribution in [2.24, 2.45) is 0 Å². The van der Waals surface area contributed by atoms with E-state index in [1.54, 1.807) is 13.0 Å². The monoisotopic (exact) mass is 342 g/mol. The van der Waals surface area contributed by atoms with Crippen LogP contribution in [0.15, 0.2) is 41.3 Å². The average Bonchev–Trinajstić information content (AvgIpc) is 2.48. The zero-order valence-corrected chi connectivity index (χ0v) is 12.7. The number of hydrogen-bond acceptors (Lipinski definition) is 2. The third kappa shape index (κ3) is 4.43. The van der Waals surface area contributed by atoms with Gasteiger partial charge in [-0.05, 0) is 36.2 Å². The summed E-state index contributed by atoms with van der Waals surface area (Å²) in [4.78, 5) is 23.5. The van der Waals surface area contributed by atoms with E-state index in [0.717, 1.165) is 22.3 Å². The Kier molecular flexibility index (Phi) is 5.06. The van der Waals surface area contributed by atoms with Gasteiger partial charge in [0.25, 0.3) is 5.56 Å². The number of halogens is 4. The molecule has 2 rings (SSSR count). The zero-order chi connectivity index (χ0) is 17.9. The van der Waals surface area contributed by atoms with E-state index in [4.69, 9.17) is 0 Å². The van der Waals surface area contributed by atoms with Crippen molar-refractivity contribution in [3.63, 3.8) is 0 Å². The molecule has 0 atom stereocenters. The molecular weight excluding hydrogens is 328 g/mol. The molecule has 0 bridgehead atoms. The Morgan fingerprint density at radius 3 is 2.54 bits per heavy atom. The van der Waals surface area contributed by atoms with Crippen LogP contribution in [0, 0.1) is 12.7 Å². The Balaban J connectivity index is 2.08. The summed E-state index contributed by atoms with van der Waals surface area (Å²) < 4.78 is 52.7. The molecule has 0 aliphatic heterocycles. The van der Waals surface area contributed by atoms with E-state index < -0.39 is 30.0 Å². The second kappa shape index (κ2) is 6.86. The second-order valence-electron chi connectivity index (χ2n) is 5.25. The molecular formula is C16H14F4N2O2. The van der Waals surface area contributed by atoms with Crippen LogP contribution in [0.5, 0.6) is 0 Å². The largest absolute Gasteiger partial charge is 0.416 e. The maximum atomic E-state index is 13.0. The fraction of sp³-hybridized carbons (Fsp3) is 0.250. The number of nitrogens with one attached hydrogen (secondary N) is 1. The van der Waals surface area contributed by atoms with Crippen LogP contribution < -0.4 is 10.9 Å². The smallest absolute Gasteiger partial charge is 0.350 e. The lowest BCUT2D eigenvalue weighted by Gasteiger charge is -2.14. The fourth-order valence-corrected chi connectivity index (χ4v) is 2.11. The number of amides is 1. The van der Waals surface area contributed by atoms with Gasteiger partial charge < -0.3 is 9.88 Å². The van der Waals surface area contributed by atoms with Crippen molar-refractivity contribution in [1.29, 1.82) is 0 Å². The van der Waals surface area contributed by atoms with Gasteiger partial charge >= 0.3 is 6.18 Å². The Bertz CT molecular complexity index is 812. The first-order valence-electron chi connectivity index (χ1n) is 6.96. The molecule has 1 amide bonds. The van der Waals surface area contributed by atoms with Gasteiger partial charge in [0.05, 0.1) is 5.56 Å². The molecule has 8 heteroatoms. The predicted molar refractivity (Wildman–Crippen MR) is 78.7 cm³/mol. The summed E-state index contributed by atoms with van der Waals surface area (Å²) in [5.74, 6) is -1.64. The van der Waals surface area contributed by atoms with Crippen LogP contribution >= 0.6 is 0 Å². The Morgan fingerprint density at radius 2 is 1.92 bits per heavy atom. The highest BCUT2D eigenvalue weighted by molar-refractivity contribution is 5.75. The molecule has 0 saturated carbocycles. The van der Waals surface area contributed by atoms with Gasteiger partial charge in [-0.25, -0.2) is 4.39 Å². The van der Waals surface area contributed by atoms with Gasteiger partial charge in [0, 0.05) is 18.8 Å². The predicted octanol–water partition coefficient (Wildman–Crippen LogP) is 2.63. The lowest BCUT2D eigenvalue weighted by molar-refractivity contribution is -0.138. The number of nitrogens with zero attached hydrogens (tertiary/aromatic N) is 1. The topological polar surface area (TPSA) is 51.1 Å². The van der Waals surface area contributed by atoms with E-state index in [0.29, 0.717) is 6.07 Å². The van der Waals surface area contributed by atoms with Crippen molar-refractivity contribution < 1.29 is 22.4 Å². The van der Waals surface area contributed by atoms with Gasteiger partial charge in [0.1, 0.15) is 12.4 Å².